The van der Waals surface area contributed by atoms with Gasteiger partial charge < -0.3 is 9.90 Å². The molecule has 1 rings (SSSR count). The molecule has 0 bridgehead atoms. The van der Waals surface area contributed by atoms with Crippen molar-refractivity contribution in [3.8, 4) is 0 Å². The Morgan fingerprint density at radius 1 is 1.55 bits per heavy atom. The van der Waals surface area contributed by atoms with E-state index >= 15 is 0 Å². The summed E-state index contributed by atoms with van der Waals surface area (Å²) in [5.41, 5.74) is 0. The van der Waals surface area contributed by atoms with E-state index in [2.05, 4.69) is 6.92 Å². The monoisotopic (exact) mass is 156 g/mol. The van der Waals surface area contributed by atoms with Crippen LogP contribution in [0.3, 0.4) is 0 Å². The van der Waals surface area contributed by atoms with Gasteiger partial charge >= 0.3 is 0 Å². The summed E-state index contributed by atoms with van der Waals surface area (Å²) in [5.74, 6) is 0.916. The maximum absolute atomic E-state index is 10.3. The fourth-order valence-electron chi connectivity index (χ4n) is 1.90. The fourth-order valence-corrected chi connectivity index (χ4v) is 1.90. The molecule has 0 spiro atoms. The van der Waals surface area contributed by atoms with E-state index in [-0.39, 0.29) is 5.92 Å². The lowest BCUT2D eigenvalue weighted by molar-refractivity contribution is -0.118. The standard InChI is InChI=1S/C9H16O2/c1-7-3-2-4-8(5-7)9(11)6-10/h6-9,11H,2-5H2,1H3. The van der Waals surface area contributed by atoms with Gasteiger partial charge in [-0.05, 0) is 24.7 Å². The quantitative estimate of drug-likeness (QED) is 0.613. The van der Waals surface area contributed by atoms with Crippen molar-refractivity contribution in [1.29, 1.82) is 0 Å². The number of hydrogen-bond acceptors (Lipinski definition) is 2. The van der Waals surface area contributed by atoms with Crippen molar-refractivity contribution >= 4 is 6.29 Å². The van der Waals surface area contributed by atoms with Gasteiger partial charge in [0.15, 0.2) is 0 Å². The minimum absolute atomic E-state index is 0.233. The van der Waals surface area contributed by atoms with E-state index in [1.165, 1.54) is 6.42 Å². The molecule has 0 radical (unpaired) electrons. The molecule has 0 saturated heterocycles. The Labute approximate surface area is 67.6 Å². The second-order valence-corrected chi connectivity index (χ2v) is 3.66. The van der Waals surface area contributed by atoms with Crippen molar-refractivity contribution in [2.24, 2.45) is 11.8 Å². The fraction of sp³-hybridized carbons (Fsp3) is 0.889. The molecule has 0 aromatic carbocycles. The summed E-state index contributed by atoms with van der Waals surface area (Å²) in [6, 6.07) is 0. The van der Waals surface area contributed by atoms with Crippen molar-refractivity contribution in [2.75, 3.05) is 0 Å². The van der Waals surface area contributed by atoms with E-state index in [4.69, 9.17) is 0 Å². The van der Waals surface area contributed by atoms with Crippen LogP contribution in [0.2, 0.25) is 0 Å². The molecule has 0 heterocycles. The average molecular weight is 156 g/mol. The summed E-state index contributed by atoms with van der Waals surface area (Å²) in [6.45, 7) is 2.18. The molecule has 0 amide bonds. The second-order valence-electron chi connectivity index (χ2n) is 3.66. The summed E-state index contributed by atoms with van der Waals surface area (Å²) in [6.07, 6.45) is 4.41. The van der Waals surface area contributed by atoms with E-state index in [9.17, 15) is 9.90 Å². The van der Waals surface area contributed by atoms with Crippen molar-refractivity contribution in [1.82, 2.24) is 0 Å². The van der Waals surface area contributed by atoms with Crippen molar-refractivity contribution in [3.05, 3.63) is 0 Å². The van der Waals surface area contributed by atoms with Crippen LogP contribution in [0.1, 0.15) is 32.6 Å². The highest BCUT2D eigenvalue weighted by atomic mass is 16.3. The molecule has 3 atom stereocenters. The van der Waals surface area contributed by atoms with Gasteiger partial charge in [0.2, 0.25) is 0 Å². The van der Waals surface area contributed by atoms with E-state index in [0.717, 1.165) is 19.3 Å². The highest BCUT2D eigenvalue weighted by Gasteiger charge is 2.24. The van der Waals surface area contributed by atoms with Crippen molar-refractivity contribution < 1.29 is 9.90 Å². The van der Waals surface area contributed by atoms with Crippen LogP contribution in [-0.2, 0) is 4.79 Å². The first-order valence-corrected chi connectivity index (χ1v) is 4.37. The zero-order valence-corrected chi connectivity index (χ0v) is 6.99. The Kier molecular flexibility index (Phi) is 3.06. The summed E-state index contributed by atoms with van der Waals surface area (Å²) in [4.78, 5) is 10.3. The lowest BCUT2D eigenvalue weighted by Crippen LogP contribution is -2.26. The molecule has 64 valence electrons. The number of aliphatic hydroxyl groups is 1. The predicted molar refractivity (Wildman–Crippen MR) is 43.2 cm³/mol. The van der Waals surface area contributed by atoms with Crippen LogP contribution >= 0.6 is 0 Å². The Bertz CT molecular complexity index is 134. The molecule has 0 aromatic heterocycles. The van der Waals surface area contributed by atoms with Crippen LogP contribution in [0.5, 0.6) is 0 Å². The molecule has 0 aliphatic heterocycles. The highest BCUT2D eigenvalue weighted by Crippen LogP contribution is 2.30. The van der Waals surface area contributed by atoms with Gasteiger partial charge in [0.05, 0.1) is 0 Å². The van der Waals surface area contributed by atoms with E-state index in [0.29, 0.717) is 12.2 Å². The smallest absolute Gasteiger partial charge is 0.148 e. The first-order chi connectivity index (χ1) is 5.24. The van der Waals surface area contributed by atoms with Crippen LogP contribution < -0.4 is 0 Å². The number of aliphatic hydroxyl groups excluding tert-OH is 1. The maximum Gasteiger partial charge on any atom is 0.148 e. The number of hydrogen-bond donors (Lipinski definition) is 1. The third kappa shape index (κ3) is 2.29. The molecule has 1 fully saturated rings. The molecule has 1 aliphatic rings. The van der Waals surface area contributed by atoms with Crippen LogP contribution in [0.15, 0.2) is 0 Å². The molecule has 1 aliphatic carbocycles. The third-order valence-electron chi connectivity index (χ3n) is 2.60. The van der Waals surface area contributed by atoms with Gasteiger partial charge in [-0.25, -0.2) is 0 Å². The zero-order chi connectivity index (χ0) is 8.27. The minimum Gasteiger partial charge on any atom is -0.385 e. The second kappa shape index (κ2) is 3.86. The zero-order valence-electron chi connectivity index (χ0n) is 6.99. The SMILES string of the molecule is CC1CCCC(C(O)C=O)C1. The van der Waals surface area contributed by atoms with Gasteiger partial charge in [0.25, 0.3) is 0 Å². The normalized spacial score (nSPS) is 34.7. The van der Waals surface area contributed by atoms with E-state index in [1.54, 1.807) is 0 Å². The lowest BCUT2D eigenvalue weighted by Gasteiger charge is -2.27. The van der Waals surface area contributed by atoms with Gasteiger partial charge in [-0.1, -0.05) is 19.8 Å². The molecule has 2 heteroatoms. The van der Waals surface area contributed by atoms with Gasteiger partial charge in [0.1, 0.15) is 12.4 Å². The Morgan fingerprint density at radius 2 is 2.27 bits per heavy atom. The van der Waals surface area contributed by atoms with Crippen LogP contribution in [0.25, 0.3) is 0 Å². The molecule has 11 heavy (non-hydrogen) atoms. The third-order valence-corrected chi connectivity index (χ3v) is 2.60. The summed E-state index contributed by atoms with van der Waals surface area (Å²) < 4.78 is 0. The Balaban J connectivity index is 2.38. The molecule has 1 saturated carbocycles. The van der Waals surface area contributed by atoms with Gasteiger partial charge in [-0.2, -0.15) is 0 Å². The van der Waals surface area contributed by atoms with Crippen molar-refractivity contribution in [3.63, 3.8) is 0 Å². The summed E-state index contributed by atoms with van der Waals surface area (Å²) in [7, 11) is 0. The Morgan fingerprint density at radius 3 is 2.82 bits per heavy atom. The first kappa shape index (κ1) is 8.72. The minimum atomic E-state index is -0.710. The number of carbonyl (C=O) groups is 1. The summed E-state index contributed by atoms with van der Waals surface area (Å²) in [5, 5.41) is 9.23. The molecule has 0 aromatic rings. The van der Waals surface area contributed by atoms with Gasteiger partial charge in [-0.3, -0.25) is 0 Å². The van der Waals surface area contributed by atoms with E-state index in [1.807, 2.05) is 0 Å². The van der Waals surface area contributed by atoms with Crippen LogP contribution in [0, 0.1) is 11.8 Å². The van der Waals surface area contributed by atoms with Crippen LogP contribution in [-0.4, -0.2) is 17.5 Å². The van der Waals surface area contributed by atoms with Crippen LogP contribution in [0.4, 0.5) is 0 Å². The molecule has 1 N–H and O–H groups in total. The first-order valence-electron chi connectivity index (χ1n) is 4.37. The topological polar surface area (TPSA) is 37.3 Å². The average Bonchev–Trinajstić information content (AvgIpc) is 2.03. The molecule has 2 nitrogen and oxygen atoms in total. The van der Waals surface area contributed by atoms with E-state index < -0.39 is 6.10 Å². The highest BCUT2D eigenvalue weighted by molar-refractivity contribution is 5.56. The number of carbonyl (C=O) groups excluding carboxylic acids is 1. The largest absolute Gasteiger partial charge is 0.385 e. The van der Waals surface area contributed by atoms with Gasteiger partial charge in [0, 0.05) is 0 Å². The number of rotatable bonds is 2. The molecular weight excluding hydrogens is 140 g/mol. The Hall–Kier alpha value is -0.370. The summed E-state index contributed by atoms with van der Waals surface area (Å²) >= 11 is 0. The molecule has 3 unspecified atom stereocenters. The maximum atomic E-state index is 10.3. The van der Waals surface area contributed by atoms with Crippen molar-refractivity contribution in [2.45, 2.75) is 38.7 Å². The lowest BCUT2D eigenvalue weighted by atomic mass is 9.80. The predicted octanol–water partition coefficient (Wildman–Crippen LogP) is 1.37. The van der Waals surface area contributed by atoms with Gasteiger partial charge in [-0.15, -0.1) is 0 Å². The number of aldehydes is 1. The molecular formula is C9H16O2.